The summed E-state index contributed by atoms with van der Waals surface area (Å²) in [5.74, 6) is 0.634. The van der Waals surface area contributed by atoms with Crippen molar-refractivity contribution >= 4 is 44.7 Å². The highest BCUT2D eigenvalue weighted by Crippen LogP contribution is 2.29. The van der Waals surface area contributed by atoms with Gasteiger partial charge in [-0.15, -0.1) is 0 Å². The summed E-state index contributed by atoms with van der Waals surface area (Å²) in [7, 11) is 0. The summed E-state index contributed by atoms with van der Waals surface area (Å²) in [6.45, 7) is 5.39. The minimum atomic E-state index is -0.416. The number of halogens is 1. The van der Waals surface area contributed by atoms with E-state index in [1.165, 1.54) is 11.8 Å². The molecule has 19 heavy (non-hydrogen) atoms. The molecule has 1 saturated heterocycles. The third-order valence-electron chi connectivity index (χ3n) is 2.75. The van der Waals surface area contributed by atoms with Gasteiger partial charge < -0.3 is 9.73 Å². The number of aliphatic imine (C=N–C) groups is 1. The zero-order valence-electron chi connectivity index (χ0n) is 10.7. The van der Waals surface area contributed by atoms with Gasteiger partial charge in [0.05, 0.1) is 15.3 Å². The number of aryl methyl sites for hydroxylation is 2. The second-order valence-corrected chi connectivity index (χ2v) is 6.11. The highest BCUT2D eigenvalue weighted by molar-refractivity contribution is 9.10. The fourth-order valence-electron chi connectivity index (χ4n) is 1.78. The summed E-state index contributed by atoms with van der Waals surface area (Å²) < 4.78 is 5.97. The van der Waals surface area contributed by atoms with Gasteiger partial charge in [0.25, 0.3) is 5.91 Å². The molecule has 1 fully saturated rings. The first-order valence-electron chi connectivity index (χ1n) is 5.80. The summed E-state index contributed by atoms with van der Waals surface area (Å²) >= 11 is 4.59. The standard InChI is InChI=1S/C12H13BrN2O3S/c1-4-7-10(16)14-12(19-7)15-11(17)8-5(2)18-6(3)9(8)13/h7H,4H2,1-3H3,(H,14,15,16,17). The van der Waals surface area contributed by atoms with Crippen molar-refractivity contribution in [2.24, 2.45) is 4.99 Å². The van der Waals surface area contributed by atoms with Crippen molar-refractivity contribution < 1.29 is 14.0 Å². The lowest BCUT2D eigenvalue weighted by molar-refractivity contribution is -0.118. The molecule has 2 heterocycles. The van der Waals surface area contributed by atoms with Crippen LogP contribution in [0.15, 0.2) is 13.9 Å². The van der Waals surface area contributed by atoms with Crippen LogP contribution in [0, 0.1) is 13.8 Å². The average Bonchev–Trinajstić information content (AvgIpc) is 2.80. The highest BCUT2D eigenvalue weighted by Gasteiger charge is 2.30. The SMILES string of the molecule is CCC1SC(=NC(=O)c2c(C)oc(C)c2Br)NC1=O. The average molecular weight is 345 g/mol. The third kappa shape index (κ3) is 2.76. The molecule has 102 valence electrons. The number of carbonyl (C=O) groups excluding carboxylic acids is 2. The van der Waals surface area contributed by atoms with Crippen molar-refractivity contribution in [2.75, 3.05) is 0 Å². The minimum Gasteiger partial charge on any atom is -0.465 e. The van der Waals surface area contributed by atoms with Gasteiger partial charge in [-0.25, -0.2) is 0 Å². The van der Waals surface area contributed by atoms with Crippen LogP contribution in [0.4, 0.5) is 0 Å². The van der Waals surface area contributed by atoms with Crippen molar-refractivity contribution in [1.82, 2.24) is 5.32 Å². The summed E-state index contributed by atoms with van der Waals surface area (Å²) in [4.78, 5) is 27.6. The third-order valence-corrected chi connectivity index (χ3v) is 4.95. The monoisotopic (exact) mass is 344 g/mol. The Hall–Kier alpha value is -1.08. The molecule has 1 aliphatic rings. The van der Waals surface area contributed by atoms with Gasteiger partial charge in [-0.05, 0) is 36.2 Å². The molecule has 1 unspecified atom stereocenters. The number of rotatable bonds is 2. The summed E-state index contributed by atoms with van der Waals surface area (Å²) in [5.41, 5.74) is 0.403. The van der Waals surface area contributed by atoms with Crippen LogP contribution >= 0.6 is 27.7 Å². The lowest BCUT2D eigenvalue weighted by atomic mass is 10.2. The highest BCUT2D eigenvalue weighted by atomic mass is 79.9. The molecule has 7 heteroatoms. The summed E-state index contributed by atoms with van der Waals surface area (Å²) in [5, 5.41) is 2.80. The van der Waals surface area contributed by atoms with Crippen LogP contribution in [0.25, 0.3) is 0 Å². The topological polar surface area (TPSA) is 71.7 Å². The van der Waals surface area contributed by atoms with Crippen LogP contribution in [0.1, 0.15) is 35.2 Å². The van der Waals surface area contributed by atoms with Crippen LogP contribution < -0.4 is 5.32 Å². The van der Waals surface area contributed by atoms with E-state index in [1.54, 1.807) is 13.8 Å². The van der Waals surface area contributed by atoms with Gasteiger partial charge in [-0.2, -0.15) is 4.99 Å². The number of nitrogens with zero attached hydrogens (tertiary/aromatic N) is 1. The van der Waals surface area contributed by atoms with E-state index < -0.39 is 5.91 Å². The molecule has 1 atom stereocenters. The number of carbonyl (C=O) groups is 2. The van der Waals surface area contributed by atoms with Gasteiger partial charge in [0.15, 0.2) is 5.17 Å². The Morgan fingerprint density at radius 2 is 2.16 bits per heavy atom. The summed E-state index contributed by atoms with van der Waals surface area (Å²) in [6, 6.07) is 0. The Labute approximate surface area is 123 Å². The van der Waals surface area contributed by atoms with Gasteiger partial charge in [0.2, 0.25) is 5.91 Å². The molecule has 0 aliphatic carbocycles. The Bertz CT molecular complexity index is 580. The smallest absolute Gasteiger partial charge is 0.284 e. The molecule has 0 radical (unpaired) electrons. The lowest BCUT2D eigenvalue weighted by Gasteiger charge is -1.97. The van der Waals surface area contributed by atoms with Crippen molar-refractivity contribution in [2.45, 2.75) is 32.4 Å². The van der Waals surface area contributed by atoms with E-state index in [0.717, 1.165) is 0 Å². The van der Waals surface area contributed by atoms with Crippen LogP contribution in [-0.4, -0.2) is 22.2 Å². The fraction of sp³-hybridized carbons (Fsp3) is 0.417. The molecule has 2 amide bonds. The van der Waals surface area contributed by atoms with E-state index in [9.17, 15) is 9.59 Å². The van der Waals surface area contributed by atoms with Crippen LogP contribution in [-0.2, 0) is 4.79 Å². The Balaban J connectivity index is 2.25. The predicted molar refractivity (Wildman–Crippen MR) is 77.5 cm³/mol. The Morgan fingerprint density at radius 3 is 2.63 bits per heavy atom. The second kappa shape index (κ2) is 5.50. The molecule has 5 nitrogen and oxygen atoms in total. The van der Waals surface area contributed by atoms with E-state index in [1.807, 2.05) is 6.92 Å². The lowest BCUT2D eigenvalue weighted by Crippen LogP contribution is -2.24. The number of nitrogens with one attached hydrogen (secondary N) is 1. The van der Waals surface area contributed by atoms with E-state index >= 15 is 0 Å². The minimum absolute atomic E-state index is 0.0989. The molecule has 0 bridgehead atoms. The van der Waals surface area contributed by atoms with Crippen LogP contribution in [0.5, 0.6) is 0 Å². The van der Waals surface area contributed by atoms with E-state index in [-0.39, 0.29) is 11.2 Å². The first-order chi connectivity index (χ1) is 8.93. The molecule has 2 rings (SSSR count). The van der Waals surface area contributed by atoms with Gasteiger partial charge in [0.1, 0.15) is 11.5 Å². The maximum absolute atomic E-state index is 12.1. The van der Waals surface area contributed by atoms with Crippen LogP contribution in [0.2, 0.25) is 0 Å². The van der Waals surface area contributed by atoms with Crippen LogP contribution in [0.3, 0.4) is 0 Å². The maximum atomic E-state index is 12.1. The fourth-order valence-corrected chi connectivity index (χ4v) is 3.20. The molecular formula is C12H13BrN2O3S. The molecular weight excluding hydrogens is 332 g/mol. The maximum Gasteiger partial charge on any atom is 0.284 e. The molecule has 0 aromatic carbocycles. The van der Waals surface area contributed by atoms with Crippen molar-refractivity contribution in [3.05, 3.63) is 21.6 Å². The molecule has 1 aromatic heterocycles. The molecule has 1 N–H and O–H groups in total. The van der Waals surface area contributed by atoms with Gasteiger partial charge in [-0.3, -0.25) is 9.59 Å². The first-order valence-corrected chi connectivity index (χ1v) is 7.47. The second-order valence-electron chi connectivity index (χ2n) is 4.13. The van der Waals surface area contributed by atoms with Crippen molar-refractivity contribution in [3.8, 4) is 0 Å². The van der Waals surface area contributed by atoms with E-state index in [0.29, 0.717) is 33.1 Å². The van der Waals surface area contributed by atoms with E-state index in [2.05, 4.69) is 26.2 Å². The summed E-state index contributed by atoms with van der Waals surface area (Å²) in [6.07, 6.45) is 0.706. The predicted octanol–water partition coefficient (Wildman–Crippen LogP) is 2.80. The number of amides is 2. The number of furan rings is 1. The Morgan fingerprint density at radius 1 is 1.47 bits per heavy atom. The molecule has 0 saturated carbocycles. The Kier molecular flexibility index (Phi) is 4.15. The van der Waals surface area contributed by atoms with Crippen molar-refractivity contribution in [1.29, 1.82) is 0 Å². The number of thioether (sulfide) groups is 1. The number of hydrogen-bond acceptors (Lipinski definition) is 4. The normalized spacial score (nSPS) is 20.9. The van der Waals surface area contributed by atoms with E-state index in [4.69, 9.17) is 4.42 Å². The first kappa shape index (κ1) is 14.3. The quantitative estimate of drug-likeness (QED) is 0.895. The largest absolute Gasteiger partial charge is 0.465 e. The number of amidine groups is 1. The van der Waals surface area contributed by atoms with Crippen molar-refractivity contribution in [3.63, 3.8) is 0 Å². The molecule has 1 aromatic rings. The molecule has 0 spiro atoms. The molecule has 1 aliphatic heterocycles. The van der Waals surface area contributed by atoms with Gasteiger partial charge in [0, 0.05) is 0 Å². The van der Waals surface area contributed by atoms with Gasteiger partial charge >= 0.3 is 0 Å². The zero-order chi connectivity index (χ0) is 14.2. The van der Waals surface area contributed by atoms with Gasteiger partial charge in [-0.1, -0.05) is 18.7 Å². The zero-order valence-corrected chi connectivity index (χ0v) is 13.1. The number of hydrogen-bond donors (Lipinski definition) is 1.